The summed E-state index contributed by atoms with van der Waals surface area (Å²) in [6, 6.07) is 16.4. The van der Waals surface area contributed by atoms with E-state index in [1.54, 1.807) is 12.1 Å². The average Bonchev–Trinajstić information content (AvgIpc) is 3.55. The molecule has 40 heavy (non-hydrogen) atoms. The van der Waals surface area contributed by atoms with E-state index in [1.807, 2.05) is 55.6 Å². The average molecular weight is 543 g/mol. The van der Waals surface area contributed by atoms with Crippen molar-refractivity contribution in [3.8, 4) is 22.4 Å². The fraction of sp³-hybridized carbons (Fsp3) is 0.406. The maximum absolute atomic E-state index is 13.5. The second-order valence-corrected chi connectivity index (χ2v) is 11.8. The van der Waals surface area contributed by atoms with Crippen LogP contribution in [0.2, 0.25) is 0 Å². The van der Waals surface area contributed by atoms with Gasteiger partial charge >= 0.3 is 5.97 Å². The minimum atomic E-state index is -1.14. The number of aromatic nitrogens is 3. The number of anilines is 1. The van der Waals surface area contributed by atoms with Crippen LogP contribution < -0.4 is 4.90 Å². The number of piperidine rings is 1. The number of rotatable bonds is 8. The van der Waals surface area contributed by atoms with Gasteiger partial charge in [-0.15, -0.1) is 0 Å². The lowest BCUT2D eigenvalue weighted by atomic mass is 9.93. The largest absolute Gasteiger partial charge is 0.479 e. The van der Waals surface area contributed by atoms with E-state index >= 15 is 0 Å². The summed E-state index contributed by atoms with van der Waals surface area (Å²) in [4.78, 5) is 19.7. The van der Waals surface area contributed by atoms with Crippen LogP contribution in [0.3, 0.4) is 0 Å². The van der Waals surface area contributed by atoms with Gasteiger partial charge in [-0.3, -0.25) is 0 Å². The van der Waals surface area contributed by atoms with Crippen molar-refractivity contribution in [1.29, 1.82) is 0 Å². The van der Waals surface area contributed by atoms with E-state index in [2.05, 4.69) is 4.90 Å². The van der Waals surface area contributed by atoms with Gasteiger partial charge in [0.25, 0.3) is 0 Å². The number of halogens is 1. The third kappa shape index (κ3) is 5.08. The van der Waals surface area contributed by atoms with Crippen molar-refractivity contribution in [3.05, 3.63) is 71.7 Å². The monoisotopic (exact) mass is 542 g/mol. The summed E-state index contributed by atoms with van der Waals surface area (Å²) in [5, 5.41) is 15.3. The lowest BCUT2D eigenvalue weighted by molar-refractivity contribution is -0.151. The molecule has 2 aromatic carbocycles. The van der Waals surface area contributed by atoms with Gasteiger partial charge in [-0.25, -0.2) is 14.2 Å². The highest BCUT2D eigenvalue weighted by Crippen LogP contribution is 2.54. The molecular formula is C32H35FN4O3. The fourth-order valence-electron chi connectivity index (χ4n) is 5.80. The van der Waals surface area contributed by atoms with E-state index in [-0.39, 0.29) is 11.7 Å². The van der Waals surface area contributed by atoms with Gasteiger partial charge in [0.2, 0.25) is 0 Å². The molecule has 6 rings (SSSR count). The van der Waals surface area contributed by atoms with Crippen LogP contribution in [0.1, 0.15) is 56.9 Å². The Bertz CT molecular complexity index is 1550. The Morgan fingerprint density at radius 1 is 1.02 bits per heavy atom. The van der Waals surface area contributed by atoms with Crippen LogP contribution in [-0.4, -0.2) is 45.4 Å². The molecule has 1 saturated carbocycles. The highest BCUT2D eigenvalue weighted by atomic mass is 19.1. The van der Waals surface area contributed by atoms with Gasteiger partial charge < -0.3 is 14.7 Å². The van der Waals surface area contributed by atoms with Crippen molar-refractivity contribution in [2.24, 2.45) is 11.3 Å². The van der Waals surface area contributed by atoms with Crippen molar-refractivity contribution in [3.63, 3.8) is 0 Å². The summed E-state index contributed by atoms with van der Waals surface area (Å²) in [5.41, 5.74) is 5.85. The van der Waals surface area contributed by atoms with Crippen LogP contribution in [0.5, 0.6) is 0 Å². The Hall–Kier alpha value is -3.78. The molecule has 2 fully saturated rings. The predicted octanol–water partition coefficient (Wildman–Crippen LogP) is 6.69. The quantitative estimate of drug-likeness (QED) is 0.267. The zero-order valence-corrected chi connectivity index (χ0v) is 23.2. The molecule has 0 amide bonds. The van der Waals surface area contributed by atoms with Crippen molar-refractivity contribution in [2.45, 2.75) is 52.6 Å². The number of hydrogen-bond donors (Lipinski definition) is 1. The van der Waals surface area contributed by atoms with Gasteiger partial charge in [0.05, 0.1) is 17.9 Å². The number of nitrogens with zero attached hydrogens (tertiary/aromatic N) is 4. The molecule has 0 radical (unpaired) electrons. The Morgan fingerprint density at radius 2 is 1.73 bits per heavy atom. The standard InChI is InChI=1S/C32H35FN4O3/c1-20(2)19-40-29(31(38)39)28-21(3)34-27-18-26(24-6-4-5-23(17-24)22-7-9-25(33)10-8-22)35-37(27)30(28)36-15-13-32(11-12-32)14-16-36/h4-10,17-18,20,29H,11-16,19H2,1-3H3,(H,38,39)/t29-/m0/s1. The molecule has 7 nitrogen and oxygen atoms in total. The maximum Gasteiger partial charge on any atom is 0.337 e. The summed E-state index contributed by atoms with van der Waals surface area (Å²) in [7, 11) is 0. The first-order valence-corrected chi connectivity index (χ1v) is 14.1. The number of carbonyl (C=O) groups is 1. The number of benzene rings is 2. The number of hydrogen-bond acceptors (Lipinski definition) is 5. The number of aliphatic carboxylic acids is 1. The highest BCUT2D eigenvalue weighted by molar-refractivity contribution is 5.79. The lowest BCUT2D eigenvalue weighted by Gasteiger charge is -2.36. The Kier molecular flexibility index (Phi) is 6.82. The number of ether oxygens (including phenoxy) is 1. The third-order valence-corrected chi connectivity index (χ3v) is 8.30. The van der Waals surface area contributed by atoms with Crippen molar-refractivity contribution in [1.82, 2.24) is 14.6 Å². The van der Waals surface area contributed by atoms with Crippen LogP contribution >= 0.6 is 0 Å². The summed E-state index contributed by atoms with van der Waals surface area (Å²) in [6.45, 7) is 7.90. The molecule has 208 valence electrons. The smallest absolute Gasteiger partial charge is 0.337 e. The van der Waals surface area contributed by atoms with E-state index in [1.165, 1.54) is 25.0 Å². The number of carboxylic acids is 1. The Balaban J connectivity index is 1.46. The van der Waals surface area contributed by atoms with Crippen LogP contribution in [0.25, 0.3) is 28.0 Å². The van der Waals surface area contributed by atoms with Crippen LogP contribution in [0.4, 0.5) is 10.2 Å². The molecule has 2 aliphatic rings. The summed E-state index contributed by atoms with van der Waals surface area (Å²) >= 11 is 0. The van der Waals surface area contributed by atoms with Crippen molar-refractivity contribution >= 4 is 17.4 Å². The van der Waals surface area contributed by atoms with Crippen molar-refractivity contribution < 1.29 is 19.0 Å². The topological polar surface area (TPSA) is 80.0 Å². The fourth-order valence-corrected chi connectivity index (χ4v) is 5.80. The molecule has 0 unspecified atom stereocenters. The van der Waals surface area contributed by atoms with Crippen molar-refractivity contribution in [2.75, 3.05) is 24.6 Å². The molecule has 4 aromatic rings. The molecule has 1 spiro atoms. The predicted molar refractivity (Wildman–Crippen MR) is 153 cm³/mol. The number of carboxylic acid groups (broad SMARTS) is 1. The van der Waals surface area contributed by atoms with E-state index in [9.17, 15) is 14.3 Å². The molecule has 2 aromatic heterocycles. The second kappa shape index (κ2) is 10.3. The first-order chi connectivity index (χ1) is 19.2. The molecule has 1 saturated heterocycles. The van der Waals surface area contributed by atoms with Gasteiger partial charge in [0, 0.05) is 30.4 Å². The molecule has 8 heteroatoms. The van der Waals surface area contributed by atoms with Crippen LogP contribution in [0.15, 0.2) is 54.6 Å². The molecule has 1 atom stereocenters. The minimum Gasteiger partial charge on any atom is -0.479 e. The Morgan fingerprint density at radius 3 is 2.38 bits per heavy atom. The van der Waals surface area contributed by atoms with Gasteiger partial charge in [-0.1, -0.05) is 44.2 Å². The van der Waals surface area contributed by atoms with Crippen LogP contribution in [-0.2, 0) is 9.53 Å². The van der Waals surface area contributed by atoms with E-state index < -0.39 is 12.1 Å². The first kappa shape index (κ1) is 26.4. The zero-order valence-electron chi connectivity index (χ0n) is 23.2. The molecule has 3 heterocycles. The summed E-state index contributed by atoms with van der Waals surface area (Å²) < 4.78 is 21.3. The van der Waals surface area contributed by atoms with Crippen LogP contribution in [0, 0.1) is 24.1 Å². The number of aryl methyl sites for hydroxylation is 1. The molecular weight excluding hydrogens is 507 g/mol. The Labute approximate surface area is 233 Å². The van der Waals surface area contributed by atoms with Gasteiger partial charge in [-0.05, 0) is 73.3 Å². The van der Waals surface area contributed by atoms with E-state index in [4.69, 9.17) is 14.8 Å². The lowest BCUT2D eigenvalue weighted by Crippen LogP contribution is -2.37. The summed E-state index contributed by atoms with van der Waals surface area (Å²) in [5.74, 6) is -0.347. The van der Waals surface area contributed by atoms with Gasteiger partial charge in [0.1, 0.15) is 11.6 Å². The number of fused-ring (bicyclic) bond motifs is 1. The minimum absolute atomic E-state index is 0.191. The van der Waals surface area contributed by atoms with E-state index in [0.29, 0.717) is 28.9 Å². The molecule has 1 N–H and O–H groups in total. The SMILES string of the molecule is Cc1nc2cc(-c3cccc(-c4ccc(F)cc4)c3)nn2c(N2CCC3(CC2)CC3)c1[C@H](OCC(C)C)C(=O)O. The molecule has 1 aliphatic carbocycles. The van der Waals surface area contributed by atoms with Gasteiger partial charge in [-0.2, -0.15) is 9.61 Å². The third-order valence-electron chi connectivity index (χ3n) is 8.30. The first-order valence-electron chi connectivity index (χ1n) is 14.1. The highest BCUT2D eigenvalue weighted by Gasteiger charge is 2.45. The van der Waals surface area contributed by atoms with E-state index in [0.717, 1.165) is 54.1 Å². The molecule has 1 aliphatic heterocycles. The zero-order chi connectivity index (χ0) is 28.0. The maximum atomic E-state index is 13.5. The normalized spacial score (nSPS) is 17.1. The summed E-state index contributed by atoms with van der Waals surface area (Å²) in [6.07, 6.45) is 3.61. The second-order valence-electron chi connectivity index (χ2n) is 11.8. The van der Waals surface area contributed by atoms with Gasteiger partial charge in [0.15, 0.2) is 11.8 Å². The molecule has 0 bridgehead atoms.